The molecule has 9 nitrogen and oxygen atoms in total. The second kappa shape index (κ2) is 9.27. The topological polar surface area (TPSA) is 134 Å². The van der Waals surface area contributed by atoms with Crippen molar-refractivity contribution in [3.63, 3.8) is 0 Å². The number of rotatable bonds is 6. The van der Waals surface area contributed by atoms with E-state index < -0.39 is 22.6 Å². The molecule has 0 aliphatic carbocycles. The first-order chi connectivity index (χ1) is 14.9. The van der Waals surface area contributed by atoms with E-state index in [9.17, 15) is 29.2 Å². The molecule has 10 heteroatoms. The van der Waals surface area contributed by atoms with Crippen molar-refractivity contribution in [2.24, 2.45) is 5.10 Å². The van der Waals surface area contributed by atoms with Crippen LogP contribution in [0.2, 0.25) is 0 Å². The molecular weight excluding hydrogens is 407 g/mol. The number of benzene rings is 3. The Hall–Kier alpha value is -4.60. The maximum absolute atomic E-state index is 13.8. The van der Waals surface area contributed by atoms with Gasteiger partial charge in [0.05, 0.1) is 28.0 Å². The third-order valence-corrected chi connectivity index (χ3v) is 4.13. The molecular formula is C21H15FN4O5. The van der Waals surface area contributed by atoms with E-state index in [4.69, 9.17) is 0 Å². The molecule has 0 aliphatic rings. The smallest absolute Gasteiger partial charge is 0.273 e. The summed E-state index contributed by atoms with van der Waals surface area (Å²) < 4.78 is 13.8. The van der Waals surface area contributed by atoms with Gasteiger partial charge in [-0.3, -0.25) is 19.7 Å². The summed E-state index contributed by atoms with van der Waals surface area (Å²) >= 11 is 0. The van der Waals surface area contributed by atoms with Gasteiger partial charge in [-0.1, -0.05) is 24.3 Å². The van der Waals surface area contributed by atoms with Crippen molar-refractivity contribution in [2.45, 2.75) is 0 Å². The molecule has 3 aromatic carbocycles. The lowest BCUT2D eigenvalue weighted by atomic mass is 10.1. The van der Waals surface area contributed by atoms with Gasteiger partial charge in [0.25, 0.3) is 17.5 Å². The molecule has 3 rings (SSSR count). The number of non-ortho nitro benzene ring substituents is 1. The van der Waals surface area contributed by atoms with Crippen LogP contribution in [0.4, 0.5) is 15.8 Å². The van der Waals surface area contributed by atoms with Gasteiger partial charge in [0, 0.05) is 17.7 Å². The van der Waals surface area contributed by atoms with E-state index >= 15 is 0 Å². The van der Waals surface area contributed by atoms with Crippen LogP contribution in [-0.4, -0.2) is 28.1 Å². The minimum absolute atomic E-state index is 0.0237. The standard InChI is InChI=1S/C21H15FN4O5/c22-17-7-3-1-5-15(17)20(28)24-18-8-4-2-6-16(18)21(29)25-23-12-13-11-14(26(30)31)9-10-19(13)27/h1-12,27H,(H,24,28)(H,25,29)/b23-12+. The predicted molar refractivity (Wildman–Crippen MR) is 111 cm³/mol. The summed E-state index contributed by atoms with van der Waals surface area (Å²) in [5, 5.41) is 26.8. The van der Waals surface area contributed by atoms with Crippen molar-refractivity contribution < 1.29 is 24.0 Å². The number of para-hydroxylation sites is 1. The minimum atomic E-state index is -0.733. The number of phenolic OH excluding ortho intramolecular Hbond substituents is 1. The van der Waals surface area contributed by atoms with Gasteiger partial charge in [0.15, 0.2) is 0 Å². The molecule has 3 aromatic rings. The van der Waals surface area contributed by atoms with Crippen LogP contribution in [0.25, 0.3) is 0 Å². The Morgan fingerprint density at radius 2 is 1.68 bits per heavy atom. The number of nitro groups is 1. The first-order valence-corrected chi connectivity index (χ1v) is 8.82. The van der Waals surface area contributed by atoms with Gasteiger partial charge in [-0.05, 0) is 30.3 Å². The Kier molecular flexibility index (Phi) is 6.31. The third kappa shape index (κ3) is 5.07. The van der Waals surface area contributed by atoms with Crippen molar-refractivity contribution in [1.29, 1.82) is 0 Å². The minimum Gasteiger partial charge on any atom is -0.507 e. The fourth-order valence-electron chi connectivity index (χ4n) is 2.60. The van der Waals surface area contributed by atoms with Crippen LogP contribution in [0, 0.1) is 15.9 Å². The fraction of sp³-hybridized carbons (Fsp3) is 0. The van der Waals surface area contributed by atoms with E-state index in [0.29, 0.717) is 0 Å². The van der Waals surface area contributed by atoms with E-state index in [0.717, 1.165) is 30.5 Å². The first kappa shape index (κ1) is 21.1. The highest BCUT2D eigenvalue weighted by Gasteiger charge is 2.16. The summed E-state index contributed by atoms with van der Waals surface area (Å²) in [6, 6.07) is 14.8. The van der Waals surface area contributed by atoms with E-state index in [2.05, 4.69) is 15.8 Å². The first-order valence-electron chi connectivity index (χ1n) is 8.82. The molecule has 0 saturated heterocycles. The summed E-state index contributed by atoms with van der Waals surface area (Å²) in [5.74, 6) is -2.40. The lowest BCUT2D eigenvalue weighted by Gasteiger charge is -2.10. The number of carbonyl (C=O) groups is 2. The number of anilines is 1. The van der Waals surface area contributed by atoms with Gasteiger partial charge >= 0.3 is 0 Å². The lowest BCUT2D eigenvalue weighted by Crippen LogP contribution is -2.21. The second-order valence-corrected chi connectivity index (χ2v) is 6.18. The number of hydrazone groups is 1. The van der Waals surface area contributed by atoms with Crippen LogP contribution < -0.4 is 10.7 Å². The average molecular weight is 422 g/mol. The average Bonchev–Trinajstić information content (AvgIpc) is 2.75. The predicted octanol–water partition coefficient (Wildman–Crippen LogP) is 3.46. The van der Waals surface area contributed by atoms with Gasteiger partial charge in [0.2, 0.25) is 0 Å². The van der Waals surface area contributed by atoms with E-state index in [1.165, 1.54) is 30.3 Å². The molecule has 0 bridgehead atoms. The molecule has 2 amide bonds. The maximum Gasteiger partial charge on any atom is 0.273 e. The SMILES string of the molecule is O=C(Nc1ccccc1C(=O)N/N=C/c1cc([N+](=O)[O-])ccc1O)c1ccccc1F. The highest BCUT2D eigenvalue weighted by Crippen LogP contribution is 2.21. The van der Waals surface area contributed by atoms with Crippen LogP contribution in [0.5, 0.6) is 5.75 Å². The van der Waals surface area contributed by atoms with Crippen molar-refractivity contribution in [3.05, 3.63) is 99.4 Å². The van der Waals surface area contributed by atoms with E-state index in [1.54, 1.807) is 12.1 Å². The normalized spacial score (nSPS) is 10.6. The maximum atomic E-state index is 13.8. The molecule has 3 N–H and O–H groups in total. The number of nitro benzene ring substituents is 1. The zero-order valence-corrected chi connectivity index (χ0v) is 15.8. The number of halogens is 1. The van der Waals surface area contributed by atoms with E-state index in [1.807, 2.05) is 0 Å². The third-order valence-electron chi connectivity index (χ3n) is 4.13. The molecule has 0 fully saturated rings. The number of phenols is 1. The molecule has 0 atom stereocenters. The van der Waals surface area contributed by atoms with Crippen LogP contribution >= 0.6 is 0 Å². The van der Waals surface area contributed by atoms with Crippen molar-refractivity contribution >= 4 is 29.4 Å². The van der Waals surface area contributed by atoms with Gasteiger partial charge in [-0.25, -0.2) is 9.82 Å². The summed E-state index contributed by atoms with van der Waals surface area (Å²) in [5.41, 5.74) is 1.97. The Bertz CT molecular complexity index is 1200. The van der Waals surface area contributed by atoms with Crippen molar-refractivity contribution in [3.8, 4) is 5.75 Å². The Morgan fingerprint density at radius 1 is 1.00 bits per heavy atom. The van der Waals surface area contributed by atoms with E-state index in [-0.39, 0.29) is 33.8 Å². The van der Waals surface area contributed by atoms with Crippen LogP contribution in [0.15, 0.2) is 71.8 Å². The molecule has 31 heavy (non-hydrogen) atoms. The highest BCUT2D eigenvalue weighted by molar-refractivity contribution is 6.09. The van der Waals surface area contributed by atoms with Gasteiger partial charge < -0.3 is 10.4 Å². The zero-order valence-electron chi connectivity index (χ0n) is 15.8. The van der Waals surface area contributed by atoms with Crippen molar-refractivity contribution in [1.82, 2.24) is 5.43 Å². The molecule has 0 unspecified atom stereocenters. The highest BCUT2D eigenvalue weighted by atomic mass is 19.1. The lowest BCUT2D eigenvalue weighted by molar-refractivity contribution is -0.384. The molecule has 0 heterocycles. The quantitative estimate of drug-likeness (QED) is 0.318. The Balaban J connectivity index is 1.75. The number of aromatic hydroxyl groups is 1. The molecule has 0 aromatic heterocycles. The summed E-state index contributed by atoms with van der Waals surface area (Å²) in [7, 11) is 0. The number of amides is 2. The molecule has 156 valence electrons. The number of hydrogen-bond donors (Lipinski definition) is 3. The molecule has 0 saturated carbocycles. The monoisotopic (exact) mass is 422 g/mol. The largest absolute Gasteiger partial charge is 0.507 e. The Morgan fingerprint density at radius 3 is 2.39 bits per heavy atom. The molecule has 0 spiro atoms. The number of nitrogens with zero attached hydrogens (tertiary/aromatic N) is 2. The summed E-state index contributed by atoms with van der Waals surface area (Å²) in [4.78, 5) is 35.0. The van der Waals surface area contributed by atoms with Crippen LogP contribution in [0.1, 0.15) is 26.3 Å². The molecule has 0 aliphatic heterocycles. The van der Waals surface area contributed by atoms with Gasteiger partial charge in [-0.2, -0.15) is 5.10 Å². The van der Waals surface area contributed by atoms with Gasteiger partial charge in [0.1, 0.15) is 11.6 Å². The summed E-state index contributed by atoms with van der Waals surface area (Å²) in [6.45, 7) is 0. The van der Waals surface area contributed by atoms with Crippen molar-refractivity contribution in [2.75, 3.05) is 5.32 Å². The molecule has 0 radical (unpaired) electrons. The zero-order chi connectivity index (χ0) is 22.4. The number of nitrogens with one attached hydrogen (secondary N) is 2. The van der Waals surface area contributed by atoms with Crippen LogP contribution in [0.3, 0.4) is 0 Å². The second-order valence-electron chi connectivity index (χ2n) is 6.18. The van der Waals surface area contributed by atoms with Crippen LogP contribution in [-0.2, 0) is 0 Å². The fourth-order valence-corrected chi connectivity index (χ4v) is 2.60. The Labute approximate surface area is 175 Å². The number of hydrogen-bond acceptors (Lipinski definition) is 6. The number of carbonyl (C=O) groups excluding carboxylic acids is 2. The van der Waals surface area contributed by atoms with Gasteiger partial charge in [-0.15, -0.1) is 0 Å². The summed E-state index contributed by atoms with van der Waals surface area (Å²) in [6.07, 6.45) is 1.04.